The molecule has 0 radical (unpaired) electrons. The predicted molar refractivity (Wildman–Crippen MR) is 153 cm³/mol. The highest BCUT2D eigenvalue weighted by Gasteiger charge is 2.25. The number of nitrogens with zero attached hydrogens (tertiary/aromatic N) is 4. The van der Waals surface area contributed by atoms with E-state index in [0.29, 0.717) is 17.8 Å². The second kappa shape index (κ2) is 11.3. The van der Waals surface area contributed by atoms with Crippen LogP contribution in [0.4, 0.5) is 16.0 Å². The van der Waals surface area contributed by atoms with Gasteiger partial charge in [-0.2, -0.15) is 0 Å². The summed E-state index contributed by atoms with van der Waals surface area (Å²) in [6, 6.07) is 17.2. The summed E-state index contributed by atoms with van der Waals surface area (Å²) in [7, 11) is 2.17. The third kappa shape index (κ3) is 5.62. The summed E-state index contributed by atoms with van der Waals surface area (Å²) in [6.07, 6.45) is 6.34. The fraction of sp³-hybridized carbons (Fsp3) is 0.367. The first kappa shape index (κ1) is 25.1. The maximum atomic E-state index is 13.7. The number of nitrogens with one attached hydrogen (secondary N) is 2. The van der Waals surface area contributed by atoms with Gasteiger partial charge in [0.1, 0.15) is 5.82 Å². The zero-order valence-electron chi connectivity index (χ0n) is 21.7. The second-order valence-corrected chi connectivity index (χ2v) is 11.4. The summed E-state index contributed by atoms with van der Waals surface area (Å²) in [5.74, 6) is 1.36. The molecule has 196 valence electrons. The summed E-state index contributed by atoms with van der Waals surface area (Å²) in [5.41, 5.74) is 4.94. The Labute approximate surface area is 227 Å². The number of piperidine rings is 2. The van der Waals surface area contributed by atoms with Crippen molar-refractivity contribution in [3.05, 3.63) is 77.2 Å². The van der Waals surface area contributed by atoms with Crippen LogP contribution in [-0.4, -0.2) is 53.1 Å². The molecular weight excluding hydrogens is 495 g/mol. The molecular formula is C30H33FN6S. The van der Waals surface area contributed by atoms with Gasteiger partial charge in [0.15, 0.2) is 0 Å². The number of anilines is 2. The minimum atomic E-state index is -0.249. The smallest absolute Gasteiger partial charge is 0.227 e. The summed E-state index contributed by atoms with van der Waals surface area (Å²) < 4.78 is 13.7. The van der Waals surface area contributed by atoms with Crippen LogP contribution in [0.5, 0.6) is 0 Å². The van der Waals surface area contributed by atoms with Crippen molar-refractivity contribution in [3.8, 4) is 21.8 Å². The average Bonchev–Trinajstić information content (AvgIpc) is 3.40. The Balaban J connectivity index is 1.28. The zero-order chi connectivity index (χ0) is 25.9. The average molecular weight is 529 g/mol. The molecule has 2 aliphatic rings. The molecule has 0 amide bonds. The molecule has 0 atom stereocenters. The van der Waals surface area contributed by atoms with E-state index in [2.05, 4.69) is 51.8 Å². The lowest BCUT2D eigenvalue weighted by atomic mass is 9.90. The molecule has 4 heterocycles. The maximum absolute atomic E-state index is 13.7. The molecule has 2 saturated heterocycles. The van der Waals surface area contributed by atoms with E-state index < -0.39 is 0 Å². The summed E-state index contributed by atoms with van der Waals surface area (Å²) in [6.45, 7) is 4.32. The van der Waals surface area contributed by atoms with E-state index in [-0.39, 0.29) is 5.82 Å². The van der Waals surface area contributed by atoms with E-state index in [9.17, 15) is 4.39 Å². The van der Waals surface area contributed by atoms with Crippen LogP contribution in [-0.2, 0) is 0 Å². The van der Waals surface area contributed by atoms with Gasteiger partial charge in [0.2, 0.25) is 5.95 Å². The van der Waals surface area contributed by atoms with E-state index in [1.807, 2.05) is 6.07 Å². The molecule has 2 N–H and O–H groups in total. The minimum Gasteiger partial charge on any atom is -0.324 e. The molecule has 0 spiro atoms. The molecule has 0 saturated carbocycles. The van der Waals surface area contributed by atoms with E-state index in [4.69, 9.17) is 9.97 Å². The third-order valence-corrected chi connectivity index (χ3v) is 8.94. The Morgan fingerprint density at radius 3 is 2.37 bits per heavy atom. The number of likely N-dealkylation sites (tertiary alicyclic amines) is 1. The van der Waals surface area contributed by atoms with Crippen molar-refractivity contribution in [3.63, 3.8) is 0 Å². The Hall–Kier alpha value is -3.20. The normalized spacial score (nSPS) is 17.5. The lowest BCUT2D eigenvalue weighted by molar-refractivity contribution is 0.255. The summed E-state index contributed by atoms with van der Waals surface area (Å²) in [4.78, 5) is 17.8. The van der Waals surface area contributed by atoms with Crippen LogP contribution in [0.15, 0.2) is 60.8 Å². The first-order chi connectivity index (χ1) is 18.6. The molecule has 8 heteroatoms. The van der Waals surface area contributed by atoms with Gasteiger partial charge in [-0.25, -0.2) is 19.3 Å². The summed E-state index contributed by atoms with van der Waals surface area (Å²) >= 11 is 1.71. The highest BCUT2D eigenvalue weighted by atomic mass is 32.1. The van der Waals surface area contributed by atoms with E-state index in [1.165, 1.54) is 30.5 Å². The highest BCUT2D eigenvalue weighted by molar-refractivity contribution is 7.15. The second-order valence-electron chi connectivity index (χ2n) is 10.4. The van der Waals surface area contributed by atoms with Gasteiger partial charge >= 0.3 is 0 Å². The lowest BCUT2D eigenvalue weighted by Gasteiger charge is -2.27. The van der Waals surface area contributed by atoms with Crippen molar-refractivity contribution in [1.29, 1.82) is 0 Å². The van der Waals surface area contributed by atoms with Gasteiger partial charge in [-0.1, -0.05) is 12.1 Å². The van der Waals surface area contributed by atoms with Gasteiger partial charge in [0, 0.05) is 23.4 Å². The third-order valence-electron chi connectivity index (χ3n) is 7.69. The van der Waals surface area contributed by atoms with Crippen molar-refractivity contribution in [2.75, 3.05) is 38.5 Å². The molecule has 0 bridgehead atoms. The number of hydrogen-bond donors (Lipinski definition) is 2. The zero-order valence-corrected chi connectivity index (χ0v) is 22.5. The van der Waals surface area contributed by atoms with Crippen molar-refractivity contribution in [2.24, 2.45) is 0 Å². The first-order valence-electron chi connectivity index (χ1n) is 13.5. The topological polar surface area (TPSA) is 66.0 Å². The van der Waals surface area contributed by atoms with E-state index in [0.717, 1.165) is 71.5 Å². The molecule has 0 unspecified atom stereocenters. The SMILES string of the molecule is CN1CCC(c2nc(-c3ccc(F)cc3)c(-c3ccnc(Nc4ccc(C5CCNCC5)cc4)n3)s2)CC1. The number of aromatic nitrogens is 3. The van der Waals surface area contributed by atoms with Crippen molar-refractivity contribution in [2.45, 2.75) is 37.5 Å². The molecule has 2 aromatic heterocycles. The van der Waals surface area contributed by atoms with Gasteiger partial charge in [0.05, 0.1) is 21.3 Å². The number of halogens is 1. The van der Waals surface area contributed by atoms with Crippen LogP contribution in [0, 0.1) is 5.82 Å². The fourth-order valence-electron chi connectivity index (χ4n) is 5.41. The van der Waals surface area contributed by atoms with E-state index >= 15 is 0 Å². The molecule has 6 nitrogen and oxygen atoms in total. The summed E-state index contributed by atoms with van der Waals surface area (Å²) in [5, 5.41) is 7.95. The quantitative estimate of drug-likeness (QED) is 0.301. The molecule has 4 aromatic rings. The van der Waals surface area contributed by atoms with E-state index in [1.54, 1.807) is 29.7 Å². The predicted octanol–water partition coefficient (Wildman–Crippen LogP) is 6.43. The van der Waals surface area contributed by atoms with Crippen LogP contribution in [0.1, 0.15) is 48.1 Å². The van der Waals surface area contributed by atoms with Crippen molar-refractivity contribution < 1.29 is 4.39 Å². The number of benzene rings is 2. The van der Waals surface area contributed by atoms with Crippen LogP contribution < -0.4 is 10.6 Å². The lowest BCUT2D eigenvalue weighted by Crippen LogP contribution is -2.29. The van der Waals surface area contributed by atoms with Crippen LogP contribution in [0.25, 0.3) is 21.8 Å². The van der Waals surface area contributed by atoms with Gasteiger partial charge in [-0.15, -0.1) is 11.3 Å². The molecule has 2 aliphatic heterocycles. The van der Waals surface area contributed by atoms with Crippen molar-refractivity contribution >= 4 is 23.0 Å². The first-order valence-corrected chi connectivity index (χ1v) is 14.3. The Kier molecular flexibility index (Phi) is 7.44. The molecule has 6 rings (SSSR count). The van der Waals surface area contributed by atoms with Gasteiger partial charge in [0.25, 0.3) is 0 Å². The Morgan fingerprint density at radius 1 is 0.895 bits per heavy atom. The molecule has 38 heavy (non-hydrogen) atoms. The number of hydrogen-bond acceptors (Lipinski definition) is 7. The number of thiazole rings is 1. The largest absolute Gasteiger partial charge is 0.324 e. The highest BCUT2D eigenvalue weighted by Crippen LogP contribution is 2.41. The van der Waals surface area contributed by atoms with Crippen LogP contribution >= 0.6 is 11.3 Å². The Morgan fingerprint density at radius 2 is 1.63 bits per heavy atom. The van der Waals surface area contributed by atoms with Gasteiger partial charge in [-0.3, -0.25) is 0 Å². The van der Waals surface area contributed by atoms with Gasteiger partial charge in [-0.05, 0) is 113 Å². The molecule has 0 aliphatic carbocycles. The van der Waals surface area contributed by atoms with Gasteiger partial charge < -0.3 is 15.5 Å². The Bertz CT molecular complexity index is 1360. The molecule has 2 aromatic carbocycles. The standard InChI is InChI=1S/C30H33FN6S/c1-37-18-13-23(14-19-37)29-36-27(22-2-6-24(31)7-3-22)28(38-29)26-12-17-33-30(35-26)34-25-8-4-20(5-9-25)21-10-15-32-16-11-21/h2-9,12,17,21,23,32H,10-11,13-16,18-19H2,1H3,(H,33,34,35). The van der Waals surface area contributed by atoms with Crippen LogP contribution in [0.3, 0.4) is 0 Å². The van der Waals surface area contributed by atoms with Crippen molar-refractivity contribution in [1.82, 2.24) is 25.2 Å². The molecule has 2 fully saturated rings. The fourth-order valence-corrected chi connectivity index (χ4v) is 6.64. The minimum absolute atomic E-state index is 0.249. The van der Waals surface area contributed by atoms with Crippen LogP contribution in [0.2, 0.25) is 0 Å². The monoisotopic (exact) mass is 528 g/mol. The number of rotatable bonds is 6. The maximum Gasteiger partial charge on any atom is 0.227 e.